The van der Waals surface area contributed by atoms with E-state index in [1.54, 1.807) is 0 Å². The number of rotatable bonds is 1. The van der Waals surface area contributed by atoms with Gasteiger partial charge in [-0.3, -0.25) is 0 Å². The predicted octanol–water partition coefficient (Wildman–Crippen LogP) is 2.72. The molecule has 0 aliphatic carbocycles. The second-order valence-corrected chi connectivity index (χ2v) is 4.28. The Hall–Kier alpha value is -1.06. The molecule has 1 aromatic heterocycles. The van der Waals surface area contributed by atoms with Gasteiger partial charge in [0.1, 0.15) is 5.82 Å². The van der Waals surface area contributed by atoms with Crippen LogP contribution < -0.4 is 0 Å². The maximum Gasteiger partial charge on any atom is 0.112 e. The van der Waals surface area contributed by atoms with Gasteiger partial charge in [-0.05, 0) is 24.6 Å². The Morgan fingerprint density at radius 3 is 3.20 bits per heavy atom. The molecule has 78 valence electrons. The van der Waals surface area contributed by atoms with Gasteiger partial charge in [-0.1, -0.05) is 11.6 Å². The molecule has 1 atom stereocenters. The molecule has 0 radical (unpaired) electrons. The third-order valence-corrected chi connectivity index (χ3v) is 3.01. The Labute approximate surface area is 92.4 Å². The topological polar surface area (TPSA) is 37.9 Å². The van der Waals surface area contributed by atoms with Gasteiger partial charge in [0.2, 0.25) is 0 Å². The van der Waals surface area contributed by atoms with Crippen molar-refractivity contribution in [2.75, 3.05) is 13.2 Å². The Kier molecular flexibility index (Phi) is 2.15. The van der Waals surface area contributed by atoms with Crippen molar-refractivity contribution in [1.82, 2.24) is 9.97 Å². The van der Waals surface area contributed by atoms with E-state index in [9.17, 15) is 0 Å². The van der Waals surface area contributed by atoms with Crippen LogP contribution in [0.15, 0.2) is 18.2 Å². The Balaban J connectivity index is 2.05. The average Bonchev–Trinajstić information content (AvgIpc) is 2.84. The van der Waals surface area contributed by atoms with E-state index < -0.39 is 0 Å². The zero-order chi connectivity index (χ0) is 10.3. The first kappa shape index (κ1) is 9.19. The molecule has 1 aliphatic heterocycles. The molecule has 2 heterocycles. The number of nitrogens with one attached hydrogen (secondary N) is 1. The van der Waals surface area contributed by atoms with Crippen molar-refractivity contribution in [2.24, 2.45) is 0 Å². The monoisotopic (exact) mass is 222 g/mol. The molecule has 0 spiro atoms. The van der Waals surface area contributed by atoms with Crippen LogP contribution in [0.5, 0.6) is 0 Å². The number of benzene rings is 1. The summed E-state index contributed by atoms with van der Waals surface area (Å²) < 4.78 is 5.35. The minimum absolute atomic E-state index is 0.413. The van der Waals surface area contributed by atoms with Crippen LogP contribution in [0.2, 0.25) is 5.02 Å². The molecule has 0 saturated carbocycles. The van der Waals surface area contributed by atoms with Gasteiger partial charge < -0.3 is 9.72 Å². The predicted molar refractivity (Wildman–Crippen MR) is 59.3 cm³/mol. The highest BCUT2D eigenvalue weighted by Gasteiger charge is 2.20. The molecule has 1 unspecified atom stereocenters. The van der Waals surface area contributed by atoms with Gasteiger partial charge in [0.25, 0.3) is 0 Å². The highest BCUT2D eigenvalue weighted by atomic mass is 35.5. The third kappa shape index (κ3) is 1.62. The molecular formula is C11H11ClN2O. The van der Waals surface area contributed by atoms with Gasteiger partial charge in [-0.2, -0.15) is 0 Å². The molecular weight excluding hydrogens is 212 g/mol. The number of hydrogen-bond donors (Lipinski definition) is 1. The SMILES string of the molecule is Clc1ccc2nc(C3CCOC3)[nH]c2c1. The van der Waals surface area contributed by atoms with E-state index in [1.807, 2.05) is 18.2 Å². The number of aromatic amines is 1. The number of hydrogen-bond acceptors (Lipinski definition) is 2. The number of H-pyrrole nitrogens is 1. The van der Waals surface area contributed by atoms with Crippen LogP contribution in [0, 0.1) is 0 Å². The van der Waals surface area contributed by atoms with Crippen LogP contribution in [0.1, 0.15) is 18.2 Å². The summed E-state index contributed by atoms with van der Waals surface area (Å²) in [6.07, 6.45) is 1.05. The lowest BCUT2D eigenvalue weighted by atomic mass is 10.1. The molecule has 4 heteroatoms. The zero-order valence-corrected chi connectivity index (χ0v) is 8.92. The van der Waals surface area contributed by atoms with Crippen LogP contribution in [-0.2, 0) is 4.74 Å². The lowest BCUT2D eigenvalue weighted by Crippen LogP contribution is -1.99. The maximum atomic E-state index is 5.92. The van der Waals surface area contributed by atoms with Crippen LogP contribution >= 0.6 is 11.6 Å². The number of ether oxygens (including phenoxy) is 1. The van der Waals surface area contributed by atoms with Crippen molar-refractivity contribution in [3.63, 3.8) is 0 Å². The summed E-state index contributed by atoms with van der Waals surface area (Å²) in [5.74, 6) is 1.43. The summed E-state index contributed by atoms with van der Waals surface area (Å²) in [5.41, 5.74) is 1.98. The van der Waals surface area contributed by atoms with Gasteiger partial charge in [-0.15, -0.1) is 0 Å². The van der Waals surface area contributed by atoms with Crippen LogP contribution in [0.25, 0.3) is 11.0 Å². The molecule has 0 bridgehead atoms. The van der Waals surface area contributed by atoms with E-state index in [2.05, 4.69) is 9.97 Å². The van der Waals surface area contributed by atoms with Crippen LogP contribution in [0.4, 0.5) is 0 Å². The molecule has 1 aliphatic rings. The molecule has 1 saturated heterocycles. The maximum absolute atomic E-state index is 5.92. The third-order valence-electron chi connectivity index (χ3n) is 2.78. The molecule has 3 rings (SSSR count). The highest BCUT2D eigenvalue weighted by molar-refractivity contribution is 6.31. The summed E-state index contributed by atoms with van der Waals surface area (Å²) >= 11 is 5.92. The van der Waals surface area contributed by atoms with E-state index in [-0.39, 0.29) is 0 Å². The lowest BCUT2D eigenvalue weighted by Gasteiger charge is -2.00. The molecule has 0 amide bonds. The normalized spacial score (nSPS) is 21.3. The van der Waals surface area contributed by atoms with E-state index >= 15 is 0 Å². The summed E-state index contributed by atoms with van der Waals surface area (Å²) in [4.78, 5) is 7.84. The van der Waals surface area contributed by atoms with E-state index in [4.69, 9.17) is 16.3 Å². The lowest BCUT2D eigenvalue weighted by molar-refractivity contribution is 0.193. The number of aromatic nitrogens is 2. The fourth-order valence-corrected chi connectivity index (χ4v) is 2.12. The summed E-state index contributed by atoms with van der Waals surface area (Å²) in [5, 5.41) is 0.736. The first-order chi connectivity index (χ1) is 7.33. The molecule has 1 aromatic carbocycles. The van der Waals surface area contributed by atoms with Crippen molar-refractivity contribution in [1.29, 1.82) is 0 Å². The minimum Gasteiger partial charge on any atom is -0.381 e. The Bertz CT molecular complexity index is 488. The van der Waals surface area contributed by atoms with Crippen molar-refractivity contribution >= 4 is 22.6 Å². The Morgan fingerprint density at radius 1 is 1.47 bits per heavy atom. The standard InChI is InChI=1S/C11H11ClN2O/c12-8-1-2-9-10(5-8)14-11(13-9)7-3-4-15-6-7/h1-2,5,7H,3-4,6H2,(H,13,14). The fourth-order valence-electron chi connectivity index (χ4n) is 1.95. The molecule has 2 aromatic rings. The first-order valence-corrected chi connectivity index (χ1v) is 5.43. The molecule has 1 N–H and O–H groups in total. The van der Waals surface area contributed by atoms with Gasteiger partial charge >= 0.3 is 0 Å². The summed E-state index contributed by atoms with van der Waals surface area (Å²) in [7, 11) is 0. The van der Waals surface area contributed by atoms with E-state index in [0.717, 1.165) is 41.5 Å². The number of nitrogens with zero attached hydrogens (tertiary/aromatic N) is 1. The van der Waals surface area contributed by atoms with Crippen molar-refractivity contribution in [3.05, 3.63) is 29.0 Å². The number of halogens is 1. The molecule has 1 fully saturated rings. The summed E-state index contributed by atoms with van der Waals surface area (Å²) in [6, 6.07) is 5.70. The van der Waals surface area contributed by atoms with Gasteiger partial charge in [-0.25, -0.2) is 4.98 Å². The van der Waals surface area contributed by atoms with Crippen LogP contribution in [-0.4, -0.2) is 23.2 Å². The van der Waals surface area contributed by atoms with Crippen molar-refractivity contribution in [2.45, 2.75) is 12.3 Å². The fraction of sp³-hybridized carbons (Fsp3) is 0.364. The summed E-state index contributed by atoms with van der Waals surface area (Å²) in [6.45, 7) is 1.61. The van der Waals surface area contributed by atoms with Gasteiger partial charge in [0.05, 0.1) is 17.6 Å². The average molecular weight is 223 g/mol. The second kappa shape index (κ2) is 3.51. The minimum atomic E-state index is 0.413. The number of fused-ring (bicyclic) bond motifs is 1. The van der Waals surface area contributed by atoms with E-state index in [0.29, 0.717) is 5.92 Å². The number of imidazole rings is 1. The highest BCUT2D eigenvalue weighted by Crippen LogP contribution is 2.25. The van der Waals surface area contributed by atoms with E-state index in [1.165, 1.54) is 0 Å². The van der Waals surface area contributed by atoms with Crippen molar-refractivity contribution in [3.8, 4) is 0 Å². The first-order valence-electron chi connectivity index (χ1n) is 5.06. The Morgan fingerprint density at radius 2 is 2.40 bits per heavy atom. The smallest absolute Gasteiger partial charge is 0.112 e. The van der Waals surface area contributed by atoms with Gasteiger partial charge in [0.15, 0.2) is 0 Å². The van der Waals surface area contributed by atoms with Gasteiger partial charge in [0, 0.05) is 17.5 Å². The largest absolute Gasteiger partial charge is 0.381 e. The van der Waals surface area contributed by atoms with Crippen molar-refractivity contribution < 1.29 is 4.74 Å². The second-order valence-electron chi connectivity index (χ2n) is 3.84. The zero-order valence-electron chi connectivity index (χ0n) is 8.16. The molecule has 15 heavy (non-hydrogen) atoms. The van der Waals surface area contributed by atoms with Crippen LogP contribution in [0.3, 0.4) is 0 Å². The quantitative estimate of drug-likeness (QED) is 0.806. The molecule has 3 nitrogen and oxygen atoms in total.